The Hall–Kier alpha value is -2.38. The van der Waals surface area contributed by atoms with Crippen molar-refractivity contribution in [2.45, 2.75) is 6.42 Å². The molecule has 0 radical (unpaired) electrons. The summed E-state index contributed by atoms with van der Waals surface area (Å²) < 4.78 is 5.43. The molecule has 144 valence electrons. The molecule has 0 atom stereocenters. The van der Waals surface area contributed by atoms with Gasteiger partial charge in [-0.2, -0.15) is 0 Å². The minimum Gasteiger partial charge on any atom is -0.484 e. The third kappa shape index (κ3) is 6.37. The van der Waals surface area contributed by atoms with Gasteiger partial charge in [-0.3, -0.25) is 9.69 Å². The summed E-state index contributed by atoms with van der Waals surface area (Å²) in [6, 6.07) is 8.79. The summed E-state index contributed by atoms with van der Waals surface area (Å²) in [6.45, 7) is 5.42. The average molecular weight is 390 g/mol. The number of rotatable bonds is 8. The van der Waals surface area contributed by atoms with E-state index in [2.05, 4.69) is 25.1 Å². The van der Waals surface area contributed by atoms with Crippen molar-refractivity contribution in [2.75, 3.05) is 50.8 Å². The topological polar surface area (TPSA) is 70.6 Å². The van der Waals surface area contributed by atoms with E-state index in [0.29, 0.717) is 17.3 Å². The quantitative estimate of drug-likeness (QED) is 0.695. The highest BCUT2D eigenvalue weighted by molar-refractivity contribution is 6.30. The summed E-state index contributed by atoms with van der Waals surface area (Å²) in [5.41, 5.74) is 0. The Balaban J connectivity index is 1.26. The van der Waals surface area contributed by atoms with Crippen molar-refractivity contribution in [1.82, 2.24) is 20.2 Å². The van der Waals surface area contributed by atoms with Crippen LogP contribution in [0.4, 0.5) is 5.95 Å². The predicted molar refractivity (Wildman–Crippen MR) is 105 cm³/mol. The van der Waals surface area contributed by atoms with Gasteiger partial charge in [-0.1, -0.05) is 11.6 Å². The van der Waals surface area contributed by atoms with Crippen LogP contribution in [-0.2, 0) is 4.79 Å². The number of carbonyl (C=O) groups excluding carboxylic acids is 1. The van der Waals surface area contributed by atoms with Crippen LogP contribution in [0.25, 0.3) is 0 Å². The summed E-state index contributed by atoms with van der Waals surface area (Å²) in [5, 5.41) is 3.53. The van der Waals surface area contributed by atoms with E-state index in [4.69, 9.17) is 16.3 Å². The first-order valence-electron chi connectivity index (χ1n) is 9.10. The van der Waals surface area contributed by atoms with E-state index in [0.717, 1.165) is 45.1 Å². The zero-order valence-electron chi connectivity index (χ0n) is 15.2. The standard InChI is InChI=1S/C19H24ClN5O2/c20-16-3-5-17(6-4-16)27-15-18(26)21-9-2-10-24-11-13-25(14-12-24)19-22-7-1-8-23-19/h1,3-8H,2,9-15H2,(H,21,26). The lowest BCUT2D eigenvalue weighted by atomic mass is 10.3. The highest BCUT2D eigenvalue weighted by Gasteiger charge is 2.18. The number of nitrogens with zero attached hydrogens (tertiary/aromatic N) is 4. The average Bonchev–Trinajstić information content (AvgIpc) is 2.72. The molecule has 1 saturated heterocycles. The van der Waals surface area contributed by atoms with Crippen molar-refractivity contribution in [3.05, 3.63) is 47.7 Å². The molecule has 8 heteroatoms. The van der Waals surface area contributed by atoms with Crippen molar-refractivity contribution >= 4 is 23.5 Å². The van der Waals surface area contributed by atoms with Gasteiger partial charge in [-0.25, -0.2) is 9.97 Å². The Morgan fingerprint density at radius 1 is 1.11 bits per heavy atom. The molecule has 3 rings (SSSR count). The normalized spacial score (nSPS) is 14.8. The molecule has 2 aromatic rings. The Kier molecular flexibility index (Phi) is 7.24. The fourth-order valence-electron chi connectivity index (χ4n) is 2.89. The lowest BCUT2D eigenvalue weighted by molar-refractivity contribution is -0.123. The molecule has 0 aliphatic carbocycles. The third-order valence-electron chi connectivity index (χ3n) is 4.36. The molecule has 2 heterocycles. The van der Waals surface area contributed by atoms with Crippen molar-refractivity contribution < 1.29 is 9.53 Å². The zero-order chi connectivity index (χ0) is 18.9. The van der Waals surface area contributed by atoms with Gasteiger partial charge in [0.15, 0.2) is 6.61 Å². The molecule has 1 N–H and O–H groups in total. The van der Waals surface area contributed by atoms with Gasteiger partial charge in [-0.15, -0.1) is 0 Å². The van der Waals surface area contributed by atoms with Crippen LogP contribution in [0, 0.1) is 0 Å². The van der Waals surface area contributed by atoms with Crippen LogP contribution in [0.5, 0.6) is 5.75 Å². The van der Waals surface area contributed by atoms with Crippen LogP contribution in [0.2, 0.25) is 5.02 Å². The summed E-state index contributed by atoms with van der Waals surface area (Å²) in [4.78, 5) is 25.0. The summed E-state index contributed by atoms with van der Waals surface area (Å²) in [5.74, 6) is 1.32. The van der Waals surface area contributed by atoms with E-state index in [1.807, 2.05) is 6.07 Å². The van der Waals surface area contributed by atoms with E-state index in [1.54, 1.807) is 36.7 Å². The lowest BCUT2D eigenvalue weighted by Gasteiger charge is -2.34. The number of benzene rings is 1. The van der Waals surface area contributed by atoms with E-state index in [-0.39, 0.29) is 12.5 Å². The fourth-order valence-corrected chi connectivity index (χ4v) is 3.01. The number of anilines is 1. The molecule has 0 unspecified atom stereocenters. The molecule has 0 bridgehead atoms. The van der Waals surface area contributed by atoms with Crippen LogP contribution < -0.4 is 15.0 Å². The van der Waals surface area contributed by atoms with Gasteiger partial charge in [0, 0.05) is 50.1 Å². The van der Waals surface area contributed by atoms with Gasteiger partial charge in [0.2, 0.25) is 5.95 Å². The van der Waals surface area contributed by atoms with Crippen LogP contribution in [0.3, 0.4) is 0 Å². The molecule has 1 fully saturated rings. The van der Waals surface area contributed by atoms with Crippen molar-refractivity contribution in [3.63, 3.8) is 0 Å². The van der Waals surface area contributed by atoms with Gasteiger partial charge in [0.05, 0.1) is 0 Å². The lowest BCUT2D eigenvalue weighted by Crippen LogP contribution is -2.47. The highest BCUT2D eigenvalue weighted by Crippen LogP contribution is 2.15. The number of nitrogens with one attached hydrogen (secondary N) is 1. The SMILES string of the molecule is O=C(COc1ccc(Cl)cc1)NCCCN1CCN(c2ncccn2)CC1. The number of hydrogen-bond acceptors (Lipinski definition) is 6. The monoisotopic (exact) mass is 389 g/mol. The number of halogens is 1. The van der Waals surface area contributed by atoms with Crippen molar-refractivity contribution in [1.29, 1.82) is 0 Å². The fraction of sp³-hybridized carbons (Fsp3) is 0.421. The summed E-state index contributed by atoms with van der Waals surface area (Å²) in [7, 11) is 0. The van der Waals surface area contributed by atoms with E-state index < -0.39 is 0 Å². The number of amides is 1. The Morgan fingerprint density at radius 2 is 1.81 bits per heavy atom. The Bertz CT molecular complexity index is 706. The molecule has 27 heavy (non-hydrogen) atoms. The zero-order valence-corrected chi connectivity index (χ0v) is 15.9. The molecule has 7 nitrogen and oxygen atoms in total. The number of hydrogen-bond donors (Lipinski definition) is 1. The second-order valence-corrected chi connectivity index (χ2v) is 6.76. The van der Waals surface area contributed by atoms with Gasteiger partial charge in [-0.05, 0) is 43.3 Å². The largest absolute Gasteiger partial charge is 0.484 e. The number of piperazine rings is 1. The minimum absolute atomic E-state index is 0.0113. The smallest absolute Gasteiger partial charge is 0.257 e. The third-order valence-corrected chi connectivity index (χ3v) is 4.62. The second kappa shape index (κ2) is 10.1. The number of aromatic nitrogens is 2. The summed E-state index contributed by atoms with van der Waals surface area (Å²) >= 11 is 5.81. The minimum atomic E-state index is -0.115. The van der Waals surface area contributed by atoms with E-state index >= 15 is 0 Å². The van der Waals surface area contributed by atoms with Gasteiger partial charge < -0.3 is 15.0 Å². The first kappa shape index (κ1) is 19.4. The predicted octanol–water partition coefficient (Wildman–Crippen LogP) is 1.84. The molecule has 1 aromatic carbocycles. The number of ether oxygens (including phenoxy) is 1. The molecular weight excluding hydrogens is 366 g/mol. The second-order valence-electron chi connectivity index (χ2n) is 6.32. The van der Waals surface area contributed by atoms with E-state index in [9.17, 15) is 4.79 Å². The van der Waals surface area contributed by atoms with Crippen molar-refractivity contribution in [2.24, 2.45) is 0 Å². The maximum atomic E-state index is 11.8. The van der Waals surface area contributed by atoms with Gasteiger partial charge >= 0.3 is 0 Å². The van der Waals surface area contributed by atoms with Crippen LogP contribution >= 0.6 is 11.6 Å². The first-order valence-corrected chi connectivity index (χ1v) is 9.48. The first-order chi connectivity index (χ1) is 13.2. The Morgan fingerprint density at radius 3 is 2.52 bits per heavy atom. The molecule has 0 saturated carbocycles. The van der Waals surface area contributed by atoms with Gasteiger partial charge in [0.25, 0.3) is 5.91 Å². The van der Waals surface area contributed by atoms with Crippen LogP contribution in [0.1, 0.15) is 6.42 Å². The number of carbonyl (C=O) groups is 1. The molecule has 1 aliphatic rings. The van der Waals surface area contributed by atoms with Crippen LogP contribution in [-0.4, -0.2) is 66.7 Å². The molecule has 1 aliphatic heterocycles. The molecule has 0 spiro atoms. The molecule has 1 aromatic heterocycles. The molecular formula is C19H24ClN5O2. The maximum Gasteiger partial charge on any atom is 0.257 e. The highest BCUT2D eigenvalue weighted by atomic mass is 35.5. The molecule has 1 amide bonds. The van der Waals surface area contributed by atoms with Crippen molar-refractivity contribution in [3.8, 4) is 5.75 Å². The van der Waals surface area contributed by atoms with Crippen LogP contribution in [0.15, 0.2) is 42.7 Å². The Labute approximate surface area is 164 Å². The van der Waals surface area contributed by atoms with E-state index in [1.165, 1.54) is 0 Å². The maximum absolute atomic E-state index is 11.8. The van der Waals surface area contributed by atoms with Gasteiger partial charge in [0.1, 0.15) is 5.75 Å². The summed E-state index contributed by atoms with van der Waals surface area (Å²) in [6.07, 6.45) is 4.45.